The van der Waals surface area contributed by atoms with Crippen molar-refractivity contribution in [1.82, 2.24) is 29.9 Å². The van der Waals surface area contributed by atoms with E-state index in [1.165, 1.54) is 6.92 Å². The number of halogens is 10. The first kappa shape index (κ1) is 24.9. The van der Waals surface area contributed by atoms with Gasteiger partial charge in [-0.05, 0) is 19.4 Å². The summed E-state index contributed by atoms with van der Waals surface area (Å²) in [6.07, 6.45) is 0. The summed E-state index contributed by atoms with van der Waals surface area (Å²) in [5.74, 6) is -25.0. The summed E-state index contributed by atoms with van der Waals surface area (Å²) in [4.78, 5) is 18.1. The Morgan fingerprint density at radius 1 is 0.361 bits per heavy atom. The molecule has 0 bridgehead atoms. The number of hydrogen-bond donors (Lipinski definition) is 0. The van der Waals surface area contributed by atoms with Crippen molar-refractivity contribution in [2.24, 2.45) is 0 Å². The van der Waals surface area contributed by atoms with Gasteiger partial charge in [-0.3, -0.25) is 0 Å². The van der Waals surface area contributed by atoms with Crippen molar-refractivity contribution in [3.63, 3.8) is 0 Å². The van der Waals surface area contributed by atoms with Crippen LogP contribution in [0.4, 0.5) is 43.9 Å². The molecule has 0 atom stereocenters. The molecule has 4 heterocycles. The summed E-state index contributed by atoms with van der Waals surface area (Å²) in [6.45, 7) is 2.35. The Labute approximate surface area is 192 Å². The van der Waals surface area contributed by atoms with E-state index >= 15 is 0 Å². The van der Waals surface area contributed by atoms with Gasteiger partial charge in [0.05, 0.1) is 5.56 Å². The van der Waals surface area contributed by atoms with Gasteiger partial charge < -0.3 is 0 Å². The summed E-state index contributed by atoms with van der Waals surface area (Å²) < 4.78 is 141. The molecule has 0 N–H and O–H groups in total. The van der Waals surface area contributed by atoms with Gasteiger partial charge in [-0.2, -0.15) is 31.9 Å². The topological polar surface area (TPSA) is 77.3 Å². The molecule has 0 aromatic carbocycles. The summed E-state index contributed by atoms with van der Waals surface area (Å²) in [5.41, 5.74) is -4.64. The second kappa shape index (κ2) is 8.76. The number of nitrogens with zero attached hydrogens (tertiary/aromatic N) is 6. The van der Waals surface area contributed by atoms with Gasteiger partial charge in [-0.15, -0.1) is 0 Å². The van der Waals surface area contributed by atoms with Gasteiger partial charge in [0.2, 0.25) is 5.95 Å². The zero-order chi connectivity index (χ0) is 26.6. The lowest BCUT2D eigenvalue weighted by Gasteiger charge is -2.13. The SMILES string of the molecule is Cc1nc(F)c(F)c(-c2nc(-c3c(F)c(F)nc(F)c3F)nc(-c3c(F)c(F)nc(F)c3F)n2)c1C. The van der Waals surface area contributed by atoms with Crippen LogP contribution in [0, 0.1) is 72.7 Å². The number of pyridine rings is 3. The molecule has 0 aliphatic heterocycles. The Bertz CT molecular complexity index is 1300. The van der Waals surface area contributed by atoms with E-state index in [2.05, 4.69) is 29.9 Å². The van der Waals surface area contributed by atoms with Gasteiger partial charge in [-0.1, -0.05) is 0 Å². The zero-order valence-corrected chi connectivity index (χ0v) is 17.5. The van der Waals surface area contributed by atoms with E-state index in [-0.39, 0.29) is 11.3 Å². The van der Waals surface area contributed by atoms with E-state index in [0.717, 1.165) is 6.92 Å². The minimum absolute atomic E-state index is 0.163. The van der Waals surface area contributed by atoms with Crippen molar-refractivity contribution in [3.05, 3.63) is 70.1 Å². The van der Waals surface area contributed by atoms with Crippen LogP contribution in [-0.2, 0) is 0 Å². The molecule has 0 aliphatic rings. The summed E-state index contributed by atoms with van der Waals surface area (Å²) >= 11 is 0. The molecule has 0 saturated carbocycles. The van der Waals surface area contributed by atoms with Gasteiger partial charge in [0.15, 0.2) is 46.6 Å². The monoisotopic (exact) mass is 520 g/mol. The van der Waals surface area contributed by atoms with Crippen LogP contribution in [-0.4, -0.2) is 29.9 Å². The predicted molar refractivity (Wildman–Crippen MR) is 98.6 cm³/mol. The first-order valence-electron chi connectivity index (χ1n) is 9.32. The van der Waals surface area contributed by atoms with Gasteiger partial charge in [-0.25, -0.2) is 41.9 Å². The molecule has 0 amide bonds. The van der Waals surface area contributed by atoms with Crippen LogP contribution in [0.15, 0.2) is 0 Å². The van der Waals surface area contributed by atoms with Crippen LogP contribution in [0.25, 0.3) is 34.2 Å². The van der Waals surface area contributed by atoms with Gasteiger partial charge >= 0.3 is 0 Å². The molecular weight excluding hydrogens is 514 g/mol. The highest BCUT2D eigenvalue weighted by Crippen LogP contribution is 2.34. The molecule has 186 valence electrons. The lowest BCUT2D eigenvalue weighted by Crippen LogP contribution is -2.11. The minimum Gasteiger partial charge on any atom is -0.222 e. The smallest absolute Gasteiger partial charge is 0.222 e. The standard InChI is InChI=1S/C20H6F10N6/c1-3-4(2)31-13(26)8(21)5(3)18-34-19(6-9(22)14(27)32-15(28)10(6)23)36-20(35-18)7-11(24)16(29)33-17(30)12(7)25/h1-2H3. The second-order valence-corrected chi connectivity index (χ2v) is 7.00. The van der Waals surface area contributed by atoms with Crippen molar-refractivity contribution < 1.29 is 43.9 Å². The molecule has 4 aromatic heterocycles. The summed E-state index contributed by atoms with van der Waals surface area (Å²) in [5, 5.41) is 0. The van der Waals surface area contributed by atoms with Crippen molar-refractivity contribution in [2.75, 3.05) is 0 Å². The Morgan fingerprint density at radius 2 is 0.639 bits per heavy atom. The summed E-state index contributed by atoms with van der Waals surface area (Å²) in [6, 6.07) is 0. The molecule has 0 aliphatic carbocycles. The number of aryl methyl sites for hydroxylation is 1. The van der Waals surface area contributed by atoms with Crippen LogP contribution in [0.1, 0.15) is 11.3 Å². The highest BCUT2D eigenvalue weighted by Gasteiger charge is 2.30. The van der Waals surface area contributed by atoms with Crippen molar-refractivity contribution in [2.45, 2.75) is 13.8 Å². The third-order valence-corrected chi connectivity index (χ3v) is 4.89. The van der Waals surface area contributed by atoms with Crippen LogP contribution in [0.5, 0.6) is 0 Å². The molecule has 0 radical (unpaired) electrons. The van der Waals surface area contributed by atoms with Crippen molar-refractivity contribution >= 4 is 0 Å². The average Bonchev–Trinajstić information content (AvgIpc) is 2.81. The maximum atomic E-state index is 14.7. The van der Waals surface area contributed by atoms with E-state index in [9.17, 15) is 43.9 Å². The molecule has 0 fully saturated rings. The fraction of sp³-hybridized carbons (Fsp3) is 0.100. The largest absolute Gasteiger partial charge is 0.252 e. The van der Waals surface area contributed by atoms with Crippen molar-refractivity contribution in [3.8, 4) is 34.2 Å². The van der Waals surface area contributed by atoms with E-state index in [1.54, 1.807) is 0 Å². The Hall–Kier alpha value is -4.24. The molecule has 4 rings (SSSR count). The zero-order valence-electron chi connectivity index (χ0n) is 17.5. The number of aromatic nitrogens is 6. The lowest BCUT2D eigenvalue weighted by molar-refractivity contribution is 0.409. The number of hydrogen-bond acceptors (Lipinski definition) is 6. The molecule has 0 saturated heterocycles. The van der Waals surface area contributed by atoms with Crippen molar-refractivity contribution in [1.29, 1.82) is 0 Å². The highest BCUT2D eigenvalue weighted by molar-refractivity contribution is 5.69. The number of rotatable bonds is 3. The molecule has 36 heavy (non-hydrogen) atoms. The van der Waals surface area contributed by atoms with Crippen LogP contribution < -0.4 is 0 Å². The third kappa shape index (κ3) is 3.87. The third-order valence-electron chi connectivity index (χ3n) is 4.89. The Balaban J connectivity index is 2.19. The van der Waals surface area contributed by atoms with E-state index in [1.807, 2.05) is 0 Å². The maximum absolute atomic E-state index is 14.7. The minimum atomic E-state index is -2.20. The van der Waals surface area contributed by atoms with Gasteiger partial charge in [0.25, 0.3) is 23.8 Å². The van der Waals surface area contributed by atoms with Gasteiger partial charge in [0, 0.05) is 5.69 Å². The first-order valence-corrected chi connectivity index (χ1v) is 9.32. The van der Waals surface area contributed by atoms with E-state index in [4.69, 9.17) is 0 Å². The molecular formula is C20H6F10N6. The van der Waals surface area contributed by atoms with Crippen LogP contribution in [0.3, 0.4) is 0 Å². The Kier molecular flexibility index (Phi) is 6.05. The maximum Gasteiger partial charge on any atom is 0.252 e. The fourth-order valence-corrected chi connectivity index (χ4v) is 3.07. The summed E-state index contributed by atoms with van der Waals surface area (Å²) in [7, 11) is 0. The Morgan fingerprint density at radius 3 is 1.00 bits per heavy atom. The van der Waals surface area contributed by atoms with E-state index in [0.29, 0.717) is 0 Å². The molecule has 4 aromatic rings. The highest BCUT2D eigenvalue weighted by atomic mass is 19.2. The van der Waals surface area contributed by atoms with Gasteiger partial charge in [0.1, 0.15) is 11.1 Å². The fourth-order valence-electron chi connectivity index (χ4n) is 3.07. The molecule has 0 spiro atoms. The second-order valence-electron chi connectivity index (χ2n) is 7.00. The van der Waals surface area contributed by atoms with E-state index < -0.39 is 93.0 Å². The lowest BCUT2D eigenvalue weighted by atomic mass is 10.1. The van der Waals surface area contributed by atoms with Crippen LogP contribution in [0.2, 0.25) is 0 Å². The predicted octanol–water partition coefficient (Wildman–Crippen LogP) is 5.07. The molecule has 0 unspecified atom stereocenters. The van der Waals surface area contributed by atoms with Crippen LogP contribution >= 0.6 is 0 Å². The first-order chi connectivity index (χ1) is 16.8. The quantitative estimate of drug-likeness (QED) is 0.278. The molecule has 16 heteroatoms. The average molecular weight is 520 g/mol. The molecule has 6 nitrogen and oxygen atoms in total. The normalized spacial score (nSPS) is 11.3.